The van der Waals surface area contributed by atoms with Gasteiger partial charge >= 0.3 is 5.88 Å². The Morgan fingerprint density at radius 2 is 1.96 bits per heavy atom. The summed E-state index contributed by atoms with van der Waals surface area (Å²) >= 11 is 1.14. The summed E-state index contributed by atoms with van der Waals surface area (Å²) in [7, 11) is 2.08. The van der Waals surface area contributed by atoms with E-state index in [2.05, 4.69) is 27.5 Å². The van der Waals surface area contributed by atoms with Crippen molar-refractivity contribution in [2.45, 2.75) is 6.92 Å². The zero-order valence-corrected chi connectivity index (χ0v) is 16.3. The number of aromatic nitrogens is 2. The van der Waals surface area contributed by atoms with Crippen molar-refractivity contribution < 1.29 is 18.9 Å². The van der Waals surface area contributed by atoms with Gasteiger partial charge in [0.05, 0.1) is 17.9 Å². The first-order chi connectivity index (χ1) is 13.0. The van der Waals surface area contributed by atoms with Crippen molar-refractivity contribution in [2.24, 2.45) is 5.92 Å². The Morgan fingerprint density at radius 1 is 1.26 bits per heavy atom. The molecule has 1 aromatic heterocycles. The maximum atomic E-state index is 12.3. The summed E-state index contributed by atoms with van der Waals surface area (Å²) in [6.07, 6.45) is 1.66. The molecule has 3 rings (SSSR count). The van der Waals surface area contributed by atoms with Crippen LogP contribution in [0.5, 0.6) is 0 Å². The zero-order valence-electron chi connectivity index (χ0n) is 15.5. The van der Waals surface area contributed by atoms with Crippen LogP contribution in [0.4, 0.5) is 5.88 Å². The molecule has 1 atom stereocenters. The highest BCUT2D eigenvalue weighted by molar-refractivity contribution is 8.14. The highest BCUT2D eigenvalue weighted by Gasteiger charge is 2.26. The lowest BCUT2D eigenvalue weighted by atomic mass is 10.2. The van der Waals surface area contributed by atoms with Gasteiger partial charge in [0.25, 0.3) is 6.20 Å². The average Bonchev–Trinajstić information content (AvgIpc) is 3.15. The topological polar surface area (TPSA) is 82.6 Å². The van der Waals surface area contributed by atoms with Crippen molar-refractivity contribution in [1.29, 1.82) is 0 Å². The maximum absolute atomic E-state index is 12.3. The van der Waals surface area contributed by atoms with E-state index in [1.807, 2.05) is 18.2 Å². The molecule has 27 heavy (non-hydrogen) atoms. The Hall–Kier alpha value is -2.39. The Labute approximate surface area is 162 Å². The average molecular weight is 390 g/mol. The number of nitrogens with one attached hydrogen (secondary N) is 1. The third-order valence-corrected chi connectivity index (χ3v) is 5.56. The number of benzene rings is 1. The van der Waals surface area contributed by atoms with Gasteiger partial charge in [-0.2, -0.15) is 5.01 Å². The summed E-state index contributed by atoms with van der Waals surface area (Å²) in [6, 6.07) is 9.05. The van der Waals surface area contributed by atoms with Crippen LogP contribution in [0.3, 0.4) is 0 Å². The second-order valence-corrected chi connectivity index (χ2v) is 7.59. The predicted molar refractivity (Wildman–Crippen MR) is 103 cm³/mol. The number of carbonyl (C=O) groups is 2. The summed E-state index contributed by atoms with van der Waals surface area (Å²) in [5.41, 5.74) is 0.638. The number of amides is 1. The number of carbonyl (C=O) groups excluding carboxylic acids is 2. The number of anilines is 1. The minimum absolute atomic E-state index is 0.0391. The summed E-state index contributed by atoms with van der Waals surface area (Å²) in [4.78, 5) is 28.3. The van der Waals surface area contributed by atoms with Crippen LogP contribution in [0.15, 0.2) is 41.1 Å². The van der Waals surface area contributed by atoms with E-state index < -0.39 is 0 Å². The van der Waals surface area contributed by atoms with Crippen LogP contribution in [-0.4, -0.2) is 60.2 Å². The number of hydrogen-bond acceptors (Lipinski definition) is 7. The Balaban J connectivity index is 1.47. The van der Waals surface area contributed by atoms with E-state index in [1.54, 1.807) is 30.0 Å². The van der Waals surface area contributed by atoms with Gasteiger partial charge in [-0.3, -0.25) is 19.4 Å². The SMILES string of the molecule is C[C@H](CSC(=O)c1ccccc1)C(=O)Nc1c[n+](N2CCN(C)CC2)no1. The minimum Gasteiger partial charge on any atom is -0.302 e. The fraction of sp³-hybridized carbons (Fsp3) is 0.444. The molecule has 0 unspecified atom stereocenters. The largest absolute Gasteiger partial charge is 0.305 e. The lowest BCUT2D eigenvalue weighted by molar-refractivity contribution is -0.759. The molecule has 0 spiro atoms. The van der Waals surface area contributed by atoms with E-state index in [-0.39, 0.29) is 16.9 Å². The zero-order chi connectivity index (χ0) is 19.2. The smallest absolute Gasteiger partial charge is 0.302 e. The van der Waals surface area contributed by atoms with Gasteiger partial charge in [-0.25, -0.2) is 0 Å². The van der Waals surface area contributed by atoms with Crippen molar-refractivity contribution in [3.05, 3.63) is 42.1 Å². The van der Waals surface area contributed by atoms with Gasteiger partial charge in [0.1, 0.15) is 0 Å². The molecule has 1 aromatic carbocycles. The number of hydrogen-bond donors (Lipinski definition) is 1. The highest BCUT2D eigenvalue weighted by Crippen LogP contribution is 2.16. The van der Waals surface area contributed by atoms with Crippen molar-refractivity contribution in [2.75, 3.05) is 49.3 Å². The molecule has 2 aromatic rings. The first-order valence-electron chi connectivity index (χ1n) is 8.88. The van der Waals surface area contributed by atoms with Crippen LogP contribution >= 0.6 is 11.8 Å². The van der Waals surface area contributed by atoms with E-state index in [0.29, 0.717) is 17.2 Å². The second kappa shape index (κ2) is 9.01. The number of rotatable bonds is 6. The number of thioether (sulfide) groups is 1. The number of nitrogens with zero attached hydrogens (tertiary/aromatic N) is 4. The van der Waals surface area contributed by atoms with Gasteiger partial charge in [0.2, 0.25) is 16.3 Å². The summed E-state index contributed by atoms with van der Waals surface area (Å²) in [5.74, 6) is 0.145. The normalized spacial score (nSPS) is 16.1. The van der Waals surface area contributed by atoms with Gasteiger partial charge in [-0.05, 0) is 7.05 Å². The van der Waals surface area contributed by atoms with Crippen molar-refractivity contribution in [1.82, 2.24) is 10.2 Å². The van der Waals surface area contributed by atoms with Gasteiger partial charge in [0, 0.05) is 30.3 Å². The maximum Gasteiger partial charge on any atom is 0.305 e. The molecule has 144 valence electrons. The van der Waals surface area contributed by atoms with Gasteiger partial charge < -0.3 is 4.90 Å². The third kappa shape index (κ3) is 5.30. The molecule has 2 heterocycles. The molecule has 9 heteroatoms. The quantitative estimate of drug-likeness (QED) is 0.737. The van der Waals surface area contributed by atoms with Crippen LogP contribution < -0.4 is 15.1 Å². The highest BCUT2D eigenvalue weighted by atomic mass is 32.2. The van der Waals surface area contributed by atoms with Crippen LogP contribution in [0.1, 0.15) is 17.3 Å². The van der Waals surface area contributed by atoms with Crippen LogP contribution in [-0.2, 0) is 4.79 Å². The number of piperazine rings is 1. The monoisotopic (exact) mass is 390 g/mol. The molecule has 0 bridgehead atoms. The molecule has 1 aliphatic heterocycles. The molecule has 0 radical (unpaired) electrons. The molecule has 1 saturated heterocycles. The molecule has 1 fully saturated rings. The van der Waals surface area contributed by atoms with Crippen LogP contribution in [0, 0.1) is 5.92 Å². The predicted octanol–water partition coefficient (Wildman–Crippen LogP) is 0.994. The second-order valence-electron chi connectivity index (χ2n) is 6.60. The number of likely N-dealkylation sites (N-methyl/N-ethyl adjacent to an activating group) is 1. The van der Waals surface area contributed by atoms with Crippen molar-refractivity contribution >= 4 is 28.7 Å². The molecule has 0 aliphatic carbocycles. The first-order valence-corrected chi connectivity index (χ1v) is 9.87. The lowest BCUT2D eigenvalue weighted by Crippen LogP contribution is -2.64. The molecular weight excluding hydrogens is 366 g/mol. The Morgan fingerprint density at radius 3 is 2.67 bits per heavy atom. The van der Waals surface area contributed by atoms with Crippen LogP contribution in [0.2, 0.25) is 0 Å². The minimum atomic E-state index is -0.343. The molecular formula is C18H24N5O3S+. The summed E-state index contributed by atoms with van der Waals surface area (Å²) in [6.45, 7) is 5.37. The third-order valence-electron chi connectivity index (χ3n) is 4.39. The van der Waals surface area contributed by atoms with Crippen LogP contribution in [0.25, 0.3) is 0 Å². The van der Waals surface area contributed by atoms with Crippen molar-refractivity contribution in [3.63, 3.8) is 0 Å². The summed E-state index contributed by atoms with van der Waals surface area (Å²) in [5, 5.41) is 8.70. The van der Waals surface area contributed by atoms with E-state index >= 15 is 0 Å². The van der Waals surface area contributed by atoms with Gasteiger partial charge in [-0.1, -0.05) is 49.0 Å². The van der Waals surface area contributed by atoms with Gasteiger partial charge in [-0.15, -0.1) is 0 Å². The molecule has 1 aliphatic rings. The fourth-order valence-corrected chi connectivity index (χ4v) is 3.46. The molecule has 8 nitrogen and oxygen atoms in total. The Bertz CT molecular complexity index is 774. The van der Waals surface area contributed by atoms with E-state index in [0.717, 1.165) is 37.9 Å². The fourth-order valence-electron chi connectivity index (χ4n) is 2.61. The molecule has 1 amide bonds. The molecule has 1 N–H and O–H groups in total. The lowest BCUT2D eigenvalue weighted by Gasteiger charge is -2.26. The molecule has 0 saturated carbocycles. The Kier molecular flexibility index (Phi) is 6.46. The van der Waals surface area contributed by atoms with Gasteiger partial charge in [0.15, 0.2) is 0 Å². The van der Waals surface area contributed by atoms with Crippen molar-refractivity contribution in [3.8, 4) is 0 Å². The standard InChI is InChI=1S/C18H23N5O3S/c1-14(13-27-18(25)15-6-4-3-5-7-15)17(24)19-16-12-23(20-26-16)22-10-8-21(2)9-11-22/h3-7,12,14H,8-11,13H2,1-2H3/p+1/t14-/m1/s1. The van der Waals surface area contributed by atoms with E-state index in [1.165, 1.54) is 0 Å². The summed E-state index contributed by atoms with van der Waals surface area (Å²) < 4.78 is 5.21. The first kappa shape index (κ1) is 19.4. The van der Waals surface area contributed by atoms with E-state index in [9.17, 15) is 9.59 Å². The van der Waals surface area contributed by atoms with E-state index in [4.69, 9.17) is 4.52 Å².